The van der Waals surface area contributed by atoms with Crippen molar-refractivity contribution in [3.05, 3.63) is 29.8 Å². The average molecular weight is 271 g/mol. The fourth-order valence-electron chi connectivity index (χ4n) is 2.07. The number of likely N-dealkylation sites (N-methyl/N-ethyl adjacent to an activating group) is 1. The molecule has 2 rings (SSSR count). The molecule has 1 fully saturated rings. The molecule has 1 atom stereocenters. The van der Waals surface area contributed by atoms with E-state index in [1.165, 1.54) is 0 Å². The van der Waals surface area contributed by atoms with Crippen molar-refractivity contribution in [1.29, 1.82) is 0 Å². The summed E-state index contributed by atoms with van der Waals surface area (Å²) in [5.74, 6) is 0.841. The number of rotatable bonds is 3. The Morgan fingerprint density at radius 2 is 2.06 bits per heavy atom. The smallest absolute Gasteiger partial charge is 0.253 e. The molecule has 0 bridgehead atoms. The maximum atomic E-state index is 12.2. The Morgan fingerprint density at radius 3 is 2.56 bits per heavy atom. The first kappa shape index (κ1) is 14.8. The van der Waals surface area contributed by atoms with Crippen LogP contribution in [0.2, 0.25) is 0 Å². The third kappa shape index (κ3) is 3.15. The minimum absolute atomic E-state index is 0. The molecular formula is C13H19ClN2O2. The number of hydrogen-bond acceptors (Lipinski definition) is 3. The fraction of sp³-hybridized carbons (Fsp3) is 0.462. The van der Waals surface area contributed by atoms with Gasteiger partial charge in [0.1, 0.15) is 5.75 Å². The minimum atomic E-state index is 0. The summed E-state index contributed by atoms with van der Waals surface area (Å²) in [5.41, 5.74) is 0.709. The van der Waals surface area contributed by atoms with Gasteiger partial charge in [-0.1, -0.05) is 0 Å². The van der Waals surface area contributed by atoms with E-state index in [2.05, 4.69) is 5.32 Å². The number of halogens is 1. The first-order chi connectivity index (χ1) is 8.22. The summed E-state index contributed by atoms with van der Waals surface area (Å²) < 4.78 is 5.07. The number of ether oxygens (including phenoxy) is 1. The van der Waals surface area contributed by atoms with Crippen LogP contribution < -0.4 is 10.1 Å². The highest BCUT2D eigenvalue weighted by Crippen LogP contribution is 2.15. The molecule has 1 aliphatic heterocycles. The van der Waals surface area contributed by atoms with Gasteiger partial charge in [-0.25, -0.2) is 0 Å². The average Bonchev–Trinajstić information content (AvgIpc) is 2.91. The monoisotopic (exact) mass is 270 g/mol. The van der Waals surface area contributed by atoms with E-state index >= 15 is 0 Å². The summed E-state index contributed by atoms with van der Waals surface area (Å²) >= 11 is 0. The summed E-state index contributed by atoms with van der Waals surface area (Å²) in [6.45, 7) is 1.88. The molecule has 4 nitrogen and oxygen atoms in total. The van der Waals surface area contributed by atoms with Crippen LogP contribution in [-0.4, -0.2) is 44.1 Å². The van der Waals surface area contributed by atoms with Gasteiger partial charge in [0, 0.05) is 25.2 Å². The number of nitrogens with zero attached hydrogens (tertiary/aromatic N) is 1. The van der Waals surface area contributed by atoms with E-state index in [4.69, 9.17) is 4.74 Å². The van der Waals surface area contributed by atoms with E-state index < -0.39 is 0 Å². The van der Waals surface area contributed by atoms with E-state index in [0.717, 1.165) is 25.3 Å². The molecule has 1 aliphatic rings. The van der Waals surface area contributed by atoms with Crippen LogP contribution in [0.4, 0.5) is 0 Å². The lowest BCUT2D eigenvalue weighted by Crippen LogP contribution is -2.38. The van der Waals surface area contributed by atoms with Crippen LogP contribution >= 0.6 is 12.4 Å². The van der Waals surface area contributed by atoms with Crippen LogP contribution in [0.5, 0.6) is 5.75 Å². The molecule has 18 heavy (non-hydrogen) atoms. The predicted octanol–water partition coefficient (Wildman–Crippen LogP) is 1.55. The van der Waals surface area contributed by atoms with Crippen LogP contribution in [0.25, 0.3) is 0 Å². The lowest BCUT2D eigenvalue weighted by molar-refractivity contribution is 0.0744. The van der Waals surface area contributed by atoms with E-state index in [1.54, 1.807) is 19.2 Å². The zero-order valence-electron chi connectivity index (χ0n) is 10.7. The maximum absolute atomic E-state index is 12.2. The molecule has 1 N–H and O–H groups in total. The number of carbonyl (C=O) groups is 1. The van der Waals surface area contributed by atoms with Crippen LogP contribution in [0.1, 0.15) is 16.8 Å². The van der Waals surface area contributed by atoms with Crippen molar-refractivity contribution in [2.75, 3.05) is 27.2 Å². The van der Waals surface area contributed by atoms with Gasteiger partial charge < -0.3 is 15.0 Å². The third-order valence-electron chi connectivity index (χ3n) is 3.24. The van der Waals surface area contributed by atoms with Crippen LogP contribution in [0, 0.1) is 0 Å². The van der Waals surface area contributed by atoms with Gasteiger partial charge in [0.2, 0.25) is 0 Å². The Labute approximate surface area is 114 Å². The molecule has 0 aliphatic carbocycles. The fourth-order valence-corrected chi connectivity index (χ4v) is 2.07. The lowest BCUT2D eigenvalue weighted by Gasteiger charge is -2.23. The molecule has 0 radical (unpaired) electrons. The summed E-state index contributed by atoms with van der Waals surface area (Å²) in [6, 6.07) is 7.55. The molecule has 100 valence electrons. The van der Waals surface area contributed by atoms with Crippen molar-refractivity contribution in [3.63, 3.8) is 0 Å². The molecular weight excluding hydrogens is 252 g/mol. The van der Waals surface area contributed by atoms with Crippen LogP contribution in [0.15, 0.2) is 24.3 Å². The number of methoxy groups -OCH3 is 1. The first-order valence-corrected chi connectivity index (χ1v) is 5.84. The Kier molecular flexibility index (Phi) is 5.44. The van der Waals surface area contributed by atoms with E-state index in [-0.39, 0.29) is 18.3 Å². The molecule has 0 spiro atoms. The molecule has 1 saturated heterocycles. The highest BCUT2D eigenvalue weighted by atomic mass is 35.5. The number of carbonyl (C=O) groups excluding carboxylic acids is 1. The molecule has 1 heterocycles. The van der Waals surface area contributed by atoms with E-state index in [0.29, 0.717) is 11.6 Å². The quantitative estimate of drug-likeness (QED) is 0.906. The highest BCUT2D eigenvalue weighted by molar-refractivity contribution is 5.94. The van der Waals surface area contributed by atoms with Gasteiger partial charge in [0.15, 0.2) is 0 Å². The number of amides is 1. The van der Waals surface area contributed by atoms with Gasteiger partial charge in [-0.3, -0.25) is 4.79 Å². The zero-order valence-corrected chi connectivity index (χ0v) is 11.5. The molecule has 1 amide bonds. The Hall–Kier alpha value is -1.26. The zero-order chi connectivity index (χ0) is 12.3. The number of hydrogen-bond donors (Lipinski definition) is 1. The largest absolute Gasteiger partial charge is 0.497 e. The van der Waals surface area contributed by atoms with Crippen molar-refractivity contribution in [2.24, 2.45) is 0 Å². The molecule has 0 saturated carbocycles. The minimum Gasteiger partial charge on any atom is -0.497 e. The van der Waals surface area contributed by atoms with Crippen molar-refractivity contribution in [3.8, 4) is 5.75 Å². The van der Waals surface area contributed by atoms with Gasteiger partial charge in [-0.2, -0.15) is 0 Å². The summed E-state index contributed by atoms with van der Waals surface area (Å²) in [7, 11) is 3.48. The second-order valence-corrected chi connectivity index (χ2v) is 4.29. The Morgan fingerprint density at radius 1 is 1.39 bits per heavy atom. The lowest BCUT2D eigenvalue weighted by atomic mass is 10.1. The second kappa shape index (κ2) is 6.61. The molecule has 0 aromatic heterocycles. The topological polar surface area (TPSA) is 41.6 Å². The van der Waals surface area contributed by atoms with Gasteiger partial charge in [0.25, 0.3) is 5.91 Å². The van der Waals surface area contributed by atoms with Crippen molar-refractivity contribution < 1.29 is 9.53 Å². The van der Waals surface area contributed by atoms with Crippen molar-refractivity contribution in [2.45, 2.75) is 12.5 Å². The Bertz CT molecular complexity index is 388. The molecule has 1 aromatic carbocycles. The molecule has 5 heteroatoms. The van der Waals surface area contributed by atoms with Gasteiger partial charge >= 0.3 is 0 Å². The van der Waals surface area contributed by atoms with E-state index in [1.807, 2.05) is 24.1 Å². The number of benzene rings is 1. The Balaban J connectivity index is 0.00000162. The van der Waals surface area contributed by atoms with Gasteiger partial charge in [-0.05, 0) is 37.2 Å². The van der Waals surface area contributed by atoms with E-state index in [9.17, 15) is 4.79 Å². The van der Waals surface area contributed by atoms with Gasteiger partial charge in [-0.15, -0.1) is 12.4 Å². The normalized spacial score (nSPS) is 18.0. The SMILES string of the molecule is COc1ccc(C(=O)N(C)[C@H]2CCNC2)cc1.Cl. The number of nitrogens with one attached hydrogen (secondary N) is 1. The highest BCUT2D eigenvalue weighted by Gasteiger charge is 2.23. The molecule has 0 unspecified atom stereocenters. The van der Waals surface area contributed by atoms with Crippen LogP contribution in [-0.2, 0) is 0 Å². The first-order valence-electron chi connectivity index (χ1n) is 5.84. The van der Waals surface area contributed by atoms with Crippen molar-refractivity contribution in [1.82, 2.24) is 10.2 Å². The maximum Gasteiger partial charge on any atom is 0.253 e. The summed E-state index contributed by atoms with van der Waals surface area (Å²) in [5, 5.41) is 3.26. The predicted molar refractivity (Wildman–Crippen MR) is 73.6 cm³/mol. The third-order valence-corrected chi connectivity index (χ3v) is 3.24. The summed E-state index contributed by atoms with van der Waals surface area (Å²) in [6.07, 6.45) is 1.03. The van der Waals surface area contributed by atoms with Crippen LogP contribution in [0.3, 0.4) is 0 Å². The van der Waals surface area contributed by atoms with Crippen molar-refractivity contribution >= 4 is 18.3 Å². The molecule has 1 aromatic rings. The standard InChI is InChI=1S/C13H18N2O2.ClH/c1-15(11-7-8-14-9-11)13(16)10-3-5-12(17-2)6-4-10;/h3-6,11,14H,7-9H2,1-2H3;1H/t11-;/m0./s1. The summed E-state index contributed by atoms with van der Waals surface area (Å²) in [4.78, 5) is 14.0. The van der Waals surface area contributed by atoms with Gasteiger partial charge in [0.05, 0.1) is 7.11 Å². The second-order valence-electron chi connectivity index (χ2n) is 4.29.